The van der Waals surface area contributed by atoms with E-state index in [1.807, 2.05) is 25.9 Å². The largest absolute Gasteiger partial charge is 0.478 e. The van der Waals surface area contributed by atoms with E-state index >= 15 is 0 Å². The number of nitrogens with zero attached hydrogens (tertiary/aromatic N) is 1. The molecule has 1 atom stereocenters. The second kappa shape index (κ2) is 7.75. The predicted molar refractivity (Wildman–Crippen MR) is 59.3 cm³/mol. The van der Waals surface area contributed by atoms with E-state index in [2.05, 4.69) is 13.2 Å². The topological polar surface area (TPSA) is 83.6 Å². The Kier molecular flexibility index (Phi) is 8.18. The van der Waals surface area contributed by atoms with Crippen LogP contribution < -0.4 is 5.73 Å². The van der Waals surface area contributed by atoms with Crippen LogP contribution in [0.15, 0.2) is 24.8 Å². The number of rotatable bonds is 4. The summed E-state index contributed by atoms with van der Waals surface area (Å²) in [6, 6.07) is 0.0255. The number of carboxylic acid groups (broad SMARTS) is 1. The molecule has 15 heavy (non-hydrogen) atoms. The maximum atomic E-state index is 10.5. The van der Waals surface area contributed by atoms with E-state index in [1.54, 1.807) is 0 Å². The van der Waals surface area contributed by atoms with Crippen LogP contribution in [-0.2, 0) is 9.59 Å². The number of carbonyl (C=O) groups is 2. The second-order valence-corrected chi connectivity index (χ2v) is 3.07. The summed E-state index contributed by atoms with van der Waals surface area (Å²) in [6.45, 7) is 8.40. The monoisotopic (exact) mass is 214 g/mol. The van der Waals surface area contributed by atoms with Crippen LogP contribution in [0.3, 0.4) is 0 Å². The summed E-state index contributed by atoms with van der Waals surface area (Å²) in [5.74, 6) is -1.41. The molecule has 3 N–H and O–H groups in total. The van der Waals surface area contributed by atoms with Crippen molar-refractivity contribution < 1.29 is 14.7 Å². The summed E-state index contributed by atoms with van der Waals surface area (Å²) in [5.41, 5.74) is 5.46. The molecule has 0 aliphatic heterocycles. The van der Waals surface area contributed by atoms with Crippen molar-refractivity contribution in [2.75, 3.05) is 14.1 Å². The van der Waals surface area contributed by atoms with Gasteiger partial charge in [-0.15, -0.1) is 0 Å². The molecule has 0 rings (SSSR count). The van der Waals surface area contributed by atoms with Gasteiger partial charge in [0.1, 0.15) is 0 Å². The molecule has 0 aromatic rings. The molecule has 1 amide bonds. The number of nitrogens with two attached hydrogens (primary N) is 1. The van der Waals surface area contributed by atoms with Crippen LogP contribution in [0.2, 0.25) is 0 Å². The highest BCUT2D eigenvalue weighted by Crippen LogP contribution is 2.02. The van der Waals surface area contributed by atoms with Crippen LogP contribution >= 0.6 is 0 Å². The van der Waals surface area contributed by atoms with E-state index in [0.29, 0.717) is 5.57 Å². The first-order chi connectivity index (χ1) is 6.73. The molecule has 0 aliphatic rings. The Morgan fingerprint density at radius 3 is 1.87 bits per heavy atom. The van der Waals surface area contributed by atoms with E-state index < -0.39 is 11.9 Å². The average Bonchev–Trinajstić information content (AvgIpc) is 2.16. The predicted octanol–water partition coefficient (Wildman–Crippen LogP) is 0.235. The van der Waals surface area contributed by atoms with Gasteiger partial charge in [0.05, 0.1) is 0 Å². The quantitative estimate of drug-likeness (QED) is 0.656. The minimum Gasteiger partial charge on any atom is -0.478 e. The molecule has 0 saturated heterocycles. The Balaban J connectivity index is 0. The number of hydrogen-bond acceptors (Lipinski definition) is 3. The first-order valence-electron chi connectivity index (χ1n) is 4.24. The number of carboxylic acids is 1. The molecule has 86 valence electrons. The van der Waals surface area contributed by atoms with Crippen molar-refractivity contribution in [3.63, 3.8) is 0 Å². The normalized spacial score (nSPS) is 10.9. The smallest absolute Gasteiger partial charge is 0.327 e. The molecule has 0 fully saturated rings. The van der Waals surface area contributed by atoms with Gasteiger partial charge in [0.25, 0.3) is 0 Å². The number of aliphatic carboxylic acids is 1. The van der Waals surface area contributed by atoms with Crippen molar-refractivity contribution in [2.24, 2.45) is 5.73 Å². The second-order valence-electron chi connectivity index (χ2n) is 3.07. The minimum absolute atomic E-state index is 0.0255. The van der Waals surface area contributed by atoms with Gasteiger partial charge in [-0.05, 0) is 21.0 Å². The molecule has 0 heterocycles. The van der Waals surface area contributed by atoms with Crippen molar-refractivity contribution in [3.05, 3.63) is 24.8 Å². The van der Waals surface area contributed by atoms with Gasteiger partial charge in [-0.1, -0.05) is 13.2 Å². The standard InChI is InChI=1S/C7H14N2O.C3H4O2/c1-5(7(8)10)6(2)9(3)4;1-2-3(4)5/h6H,1H2,2-4H3,(H2,8,10);2H,1H2,(H,4,5). The summed E-state index contributed by atoms with van der Waals surface area (Å²) in [4.78, 5) is 21.7. The summed E-state index contributed by atoms with van der Waals surface area (Å²) < 4.78 is 0. The van der Waals surface area contributed by atoms with Crippen molar-refractivity contribution in [2.45, 2.75) is 13.0 Å². The third-order valence-corrected chi connectivity index (χ3v) is 1.77. The molecule has 0 aromatic carbocycles. The maximum absolute atomic E-state index is 10.5. The van der Waals surface area contributed by atoms with Crippen LogP contribution in [-0.4, -0.2) is 42.0 Å². The molecular formula is C10H18N2O3. The van der Waals surface area contributed by atoms with E-state index in [1.165, 1.54) is 0 Å². The Bertz CT molecular complexity index is 259. The maximum Gasteiger partial charge on any atom is 0.327 e. The number of primary amides is 1. The fourth-order valence-corrected chi connectivity index (χ4v) is 0.518. The fourth-order valence-electron chi connectivity index (χ4n) is 0.518. The van der Waals surface area contributed by atoms with E-state index in [-0.39, 0.29) is 6.04 Å². The van der Waals surface area contributed by atoms with Gasteiger partial charge >= 0.3 is 5.97 Å². The van der Waals surface area contributed by atoms with Gasteiger partial charge in [0.2, 0.25) is 5.91 Å². The van der Waals surface area contributed by atoms with Crippen molar-refractivity contribution in [1.82, 2.24) is 4.90 Å². The summed E-state index contributed by atoms with van der Waals surface area (Å²) >= 11 is 0. The first-order valence-corrected chi connectivity index (χ1v) is 4.24. The van der Waals surface area contributed by atoms with Gasteiger partial charge in [0.15, 0.2) is 0 Å². The summed E-state index contributed by atoms with van der Waals surface area (Å²) in [5, 5.41) is 7.60. The molecule has 0 saturated carbocycles. The average molecular weight is 214 g/mol. The number of hydrogen-bond donors (Lipinski definition) is 2. The van der Waals surface area contributed by atoms with Crippen LogP contribution in [0.4, 0.5) is 0 Å². The highest BCUT2D eigenvalue weighted by molar-refractivity contribution is 5.92. The van der Waals surface area contributed by atoms with E-state index in [9.17, 15) is 9.59 Å². The molecule has 5 heteroatoms. The molecule has 0 aromatic heterocycles. The van der Waals surface area contributed by atoms with Crippen LogP contribution in [0.1, 0.15) is 6.92 Å². The number of amides is 1. The third kappa shape index (κ3) is 8.70. The first kappa shape index (κ1) is 15.8. The number of likely N-dealkylation sites (N-methyl/N-ethyl adjacent to an activating group) is 1. The molecule has 0 bridgehead atoms. The highest BCUT2D eigenvalue weighted by Gasteiger charge is 2.12. The Hall–Kier alpha value is -1.62. The molecule has 1 unspecified atom stereocenters. The summed E-state index contributed by atoms with van der Waals surface area (Å²) in [6.07, 6.45) is 0.833. The van der Waals surface area contributed by atoms with Gasteiger partial charge in [-0.25, -0.2) is 4.79 Å². The van der Waals surface area contributed by atoms with Gasteiger partial charge in [0, 0.05) is 17.7 Å². The zero-order chi connectivity index (χ0) is 12.6. The molecule has 0 aliphatic carbocycles. The Morgan fingerprint density at radius 1 is 1.47 bits per heavy atom. The van der Waals surface area contributed by atoms with Crippen molar-refractivity contribution in [3.8, 4) is 0 Å². The van der Waals surface area contributed by atoms with E-state index in [0.717, 1.165) is 6.08 Å². The minimum atomic E-state index is -0.981. The van der Waals surface area contributed by atoms with Gasteiger partial charge in [-0.3, -0.25) is 4.79 Å². The van der Waals surface area contributed by atoms with Crippen molar-refractivity contribution >= 4 is 11.9 Å². The lowest BCUT2D eigenvalue weighted by atomic mass is 10.1. The summed E-state index contributed by atoms with van der Waals surface area (Å²) in [7, 11) is 3.75. The molecule has 5 nitrogen and oxygen atoms in total. The SMILES string of the molecule is C=C(C(N)=O)C(C)N(C)C.C=CC(=O)O. The fraction of sp³-hybridized carbons (Fsp3) is 0.400. The van der Waals surface area contributed by atoms with Gasteiger partial charge in [-0.2, -0.15) is 0 Å². The van der Waals surface area contributed by atoms with Crippen LogP contribution in [0, 0.1) is 0 Å². The van der Waals surface area contributed by atoms with Crippen LogP contribution in [0.5, 0.6) is 0 Å². The Labute approximate surface area is 89.9 Å². The molecule has 0 radical (unpaired) electrons. The van der Waals surface area contributed by atoms with E-state index in [4.69, 9.17) is 10.8 Å². The number of carbonyl (C=O) groups excluding carboxylic acids is 1. The lowest BCUT2D eigenvalue weighted by Crippen LogP contribution is -2.32. The lowest BCUT2D eigenvalue weighted by Gasteiger charge is -2.19. The zero-order valence-electron chi connectivity index (χ0n) is 9.36. The highest BCUT2D eigenvalue weighted by atomic mass is 16.4. The lowest BCUT2D eigenvalue weighted by molar-refractivity contribution is -0.131. The molecule has 0 spiro atoms. The third-order valence-electron chi connectivity index (χ3n) is 1.77. The van der Waals surface area contributed by atoms with Gasteiger partial charge < -0.3 is 15.7 Å². The zero-order valence-corrected chi connectivity index (χ0v) is 9.36. The van der Waals surface area contributed by atoms with Crippen LogP contribution in [0.25, 0.3) is 0 Å². The molecular weight excluding hydrogens is 196 g/mol. The van der Waals surface area contributed by atoms with Crippen molar-refractivity contribution in [1.29, 1.82) is 0 Å². The Morgan fingerprint density at radius 2 is 1.80 bits per heavy atom.